The lowest BCUT2D eigenvalue weighted by molar-refractivity contribution is 0.466. The standard InChI is InChI=1S/C27H37N3/c1-9-21-15-22(20(7)28-8)12-14-24(21)23-13-11-18(5)26-25(19(23)6)16-30(17(3)4)27(26)29-10-2/h10,12,14-17,20,28H,2,9,11,13H2,1,3-8H3. The van der Waals surface area contributed by atoms with Crippen LogP contribution in [0.1, 0.15) is 77.1 Å². The number of aryl methyl sites for hydroxylation is 1. The number of amidine groups is 1. The molecule has 1 atom stereocenters. The van der Waals surface area contributed by atoms with Crippen molar-refractivity contribution in [3.8, 4) is 0 Å². The predicted octanol–water partition coefficient (Wildman–Crippen LogP) is 6.56. The van der Waals surface area contributed by atoms with Gasteiger partial charge in [-0.1, -0.05) is 37.3 Å². The maximum atomic E-state index is 4.68. The molecule has 0 bridgehead atoms. The van der Waals surface area contributed by atoms with E-state index in [1.54, 1.807) is 6.20 Å². The Balaban J connectivity index is 2.16. The molecule has 3 nitrogen and oxygen atoms in total. The topological polar surface area (TPSA) is 27.6 Å². The molecule has 0 saturated heterocycles. The molecule has 1 unspecified atom stereocenters. The number of aliphatic imine (C=N–C) groups is 1. The summed E-state index contributed by atoms with van der Waals surface area (Å²) in [5.74, 6) is 1.04. The second kappa shape index (κ2) is 9.18. The molecule has 3 heteroatoms. The zero-order valence-corrected chi connectivity index (χ0v) is 19.8. The monoisotopic (exact) mass is 403 g/mol. The Morgan fingerprint density at radius 1 is 1.20 bits per heavy atom. The van der Waals surface area contributed by atoms with Crippen molar-refractivity contribution in [3.63, 3.8) is 0 Å². The van der Waals surface area contributed by atoms with Crippen LogP contribution in [0.5, 0.6) is 0 Å². The van der Waals surface area contributed by atoms with Crippen molar-refractivity contribution in [1.29, 1.82) is 0 Å². The summed E-state index contributed by atoms with van der Waals surface area (Å²) in [5, 5.41) is 3.36. The highest BCUT2D eigenvalue weighted by Crippen LogP contribution is 2.42. The Kier molecular flexibility index (Phi) is 6.82. The number of rotatable bonds is 6. The zero-order valence-electron chi connectivity index (χ0n) is 19.8. The molecule has 0 amide bonds. The third-order valence-corrected chi connectivity index (χ3v) is 6.58. The number of allylic oxidation sites excluding steroid dienone is 3. The highest BCUT2D eigenvalue weighted by Gasteiger charge is 2.32. The first kappa shape index (κ1) is 22.3. The molecule has 0 radical (unpaired) electrons. The molecule has 0 saturated carbocycles. The van der Waals surface area contributed by atoms with Gasteiger partial charge in [0.25, 0.3) is 0 Å². The van der Waals surface area contributed by atoms with Crippen LogP contribution < -0.4 is 5.32 Å². The molecule has 0 fully saturated rings. The van der Waals surface area contributed by atoms with Gasteiger partial charge in [0.05, 0.1) is 0 Å². The molecule has 1 aliphatic heterocycles. The summed E-state index contributed by atoms with van der Waals surface area (Å²) in [7, 11) is 2.02. The first-order valence-electron chi connectivity index (χ1n) is 11.2. The molecule has 1 aromatic rings. The summed E-state index contributed by atoms with van der Waals surface area (Å²) in [5.41, 5.74) is 11.1. The van der Waals surface area contributed by atoms with E-state index in [2.05, 4.69) is 87.7 Å². The predicted molar refractivity (Wildman–Crippen MR) is 131 cm³/mol. The van der Waals surface area contributed by atoms with Gasteiger partial charge in [-0.25, -0.2) is 4.99 Å². The Bertz CT molecular complexity index is 956. The zero-order chi connectivity index (χ0) is 22.0. The van der Waals surface area contributed by atoms with Crippen LogP contribution in [0.2, 0.25) is 0 Å². The molecule has 0 aromatic heterocycles. The van der Waals surface area contributed by atoms with Crippen molar-refractivity contribution < 1.29 is 0 Å². The molecular weight excluding hydrogens is 366 g/mol. The first-order valence-corrected chi connectivity index (χ1v) is 11.2. The Hall–Kier alpha value is -2.39. The molecule has 1 N–H and O–H groups in total. The Labute approximate surface area is 183 Å². The number of hydrogen-bond donors (Lipinski definition) is 1. The van der Waals surface area contributed by atoms with Gasteiger partial charge >= 0.3 is 0 Å². The third-order valence-electron chi connectivity index (χ3n) is 6.58. The maximum Gasteiger partial charge on any atom is 0.140 e. The SMILES string of the molecule is C=CN=C1C2=C(C)CCC(c3ccc(C(C)NC)cc3CC)=C(C)C2=CN1C(C)C. The van der Waals surface area contributed by atoms with Crippen molar-refractivity contribution in [3.05, 3.63) is 76.2 Å². The Morgan fingerprint density at radius 3 is 2.53 bits per heavy atom. The maximum absolute atomic E-state index is 4.68. The molecule has 3 rings (SSSR count). The Morgan fingerprint density at radius 2 is 1.93 bits per heavy atom. The fourth-order valence-electron chi connectivity index (χ4n) is 4.59. The summed E-state index contributed by atoms with van der Waals surface area (Å²) < 4.78 is 0. The average Bonchev–Trinajstić information content (AvgIpc) is 3.07. The van der Waals surface area contributed by atoms with Crippen LogP contribution >= 0.6 is 0 Å². The van der Waals surface area contributed by atoms with Gasteiger partial charge in [-0.3, -0.25) is 0 Å². The number of nitrogens with one attached hydrogen (secondary N) is 1. The van der Waals surface area contributed by atoms with Gasteiger partial charge < -0.3 is 10.2 Å². The average molecular weight is 404 g/mol. The van der Waals surface area contributed by atoms with Crippen LogP contribution in [0.25, 0.3) is 5.57 Å². The summed E-state index contributed by atoms with van der Waals surface area (Å²) in [6.07, 6.45) is 7.13. The van der Waals surface area contributed by atoms with Gasteiger partial charge in [-0.2, -0.15) is 0 Å². The van der Waals surface area contributed by atoms with E-state index >= 15 is 0 Å². The minimum atomic E-state index is 0.355. The molecule has 2 aliphatic rings. The molecule has 1 aromatic carbocycles. The van der Waals surface area contributed by atoms with Gasteiger partial charge in [0.2, 0.25) is 0 Å². The van der Waals surface area contributed by atoms with Gasteiger partial charge in [0.15, 0.2) is 0 Å². The second-order valence-electron chi connectivity index (χ2n) is 8.72. The van der Waals surface area contributed by atoms with E-state index in [4.69, 9.17) is 0 Å². The fourth-order valence-corrected chi connectivity index (χ4v) is 4.59. The lowest BCUT2D eigenvalue weighted by Gasteiger charge is -2.22. The largest absolute Gasteiger partial charge is 0.329 e. The van der Waals surface area contributed by atoms with Crippen molar-refractivity contribution in [2.75, 3.05) is 7.05 Å². The minimum absolute atomic E-state index is 0.355. The molecule has 30 heavy (non-hydrogen) atoms. The van der Waals surface area contributed by atoms with E-state index in [-0.39, 0.29) is 0 Å². The van der Waals surface area contributed by atoms with Gasteiger partial charge in [-0.15, -0.1) is 0 Å². The van der Waals surface area contributed by atoms with E-state index in [1.165, 1.54) is 44.6 Å². The van der Waals surface area contributed by atoms with Gasteiger partial charge in [0.1, 0.15) is 5.84 Å². The normalized spacial score (nSPS) is 19.4. The van der Waals surface area contributed by atoms with Gasteiger partial charge in [-0.05, 0) is 88.8 Å². The fraction of sp³-hybridized carbons (Fsp3) is 0.444. The summed E-state index contributed by atoms with van der Waals surface area (Å²) in [4.78, 5) is 6.97. The molecule has 0 spiro atoms. The molecule has 1 heterocycles. The molecule has 160 valence electrons. The smallest absolute Gasteiger partial charge is 0.140 e. The van der Waals surface area contributed by atoms with Crippen LogP contribution in [0.15, 0.2) is 64.5 Å². The highest BCUT2D eigenvalue weighted by molar-refractivity contribution is 6.09. The van der Waals surface area contributed by atoms with E-state index < -0.39 is 0 Å². The summed E-state index contributed by atoms with van der Waals surface area (Å²) >= 11 is 0. The van der Waals surface area contributed by atoms with E-state index in [0.717, 1.165) is 25.1 Å². The van der Waals surface area contributed by atoms with E-state index in [9.17, 15) is 0 Å². The third kappa shape index (κ3) is 3.96. The van der Waals surface area contributed by atoms with E-state index in [0.29, 0.717) is 12.1 Å². The first-order chi connectivity index (χ1) is 14.3. The number of fused-ring (bicyclic) bond motifs is 1. The number of hydrogen-bond acceptors (Lipinski definition) is 2. The van der Waals surface area contributed by atoms with Crippen molar-refractivity contribution in [1.82, 2.24) is 10.2 Å². The number of nitrogens with zero attached hydrogens (tertiary/aromatic N) is 2. The van der Waals surface area contributed by atoms with Crippen LogP contribution in [-0.2, 0) is 6.42 Å². The van der Waals surface area contributed by atoms with Crippen LogP contribution in [-0.4, -0.2) is 23.8 Å². The van der Waals surface area contributed by atoms with Crippen LogP contribution in [0.4, 0.5) is 0 Å². The number of benzene rings is 1. The summed E-state index contributed by atoms with van der Waals surface area (Å²) in [6.45, 7) is 17.3. The van der Waals surface area contributed by atoms with Crippen LogP contribution in [0.3, 0.4) is 0 Å². The van der Waals surface area contributed by atoms with Crippen molar-refractivity contribution >= 4 is 11.4 Å². The summed E-state index contributed by atoms with van der Waals surface area (Å²) in [6, 6.07) is 7.73. The van der Waals surface area contributed by atoms with Crippen molar-refractivity contribution in [2.45, 2.75) is 72.9 Å². The minimum Gasteiger partial charge on any atom is -0.329 e. The van der Waals surface area contributed by atoms with Crippen molar-refractivity contribution in [2.24, 2.45) is 4.99 Å². The lowest BCUT2D eigenvalue weighted by Crippen LogP contribution is -2.29. The van der Waals surface area contributed by atoms with Gasteiger partial charge in [0, 0.05) is 35.6 Å². The molecular formula is C27H37N3. The highest BCUT2D eigenvalue weighted by atomic mass is 15.2. The van der Waals surface area contributed by atoms with Crippen LogP contribution in [0, 0.1) is 0 Å². The lowest BCUT2D eigenvalue weighted by atomic mass is 9.88. The second-order valence-corrected chi connectivity index (χ2v) is 8.72. The van der Waals surface area contributed by atoms with E-state index in [1.807, 2.05) is 7.05 Å². The quantitative estimate of drug-likeness (QED) is 0.582. The molecule has 1 aliphatic carbocycles.